The van der Waals surface area contributed by atoms with Gasteiger partial charge >= 0.3 is 13.6 Å². The lowest BCUT2D eigenvalue weighted by molar-refractivity contribution is 0.168. The number of benzene rings is 1. The first-order chi connectivity index (χ1) is 7.59. The third-order valence-electron chi connectivity index (χ3n) is 2.20. The molecule has 0 saturated carbocycles. The number of hydrogen-bond donors (Lipinski definition) is 0. The summed E-state index contributed by atoms with van der Waals surface area (Å²) in [5.74, 6) is 0.480. The molecule has 0 spiro atoms. The van der Waals surface area contributed by atoms with Gasteiger partial charge in [-0.25, -0.2) is 9.46 Å². The molecule has 1 atom stereocenters. The zero-order chi connectivity index (χ0) is 11.6. The maximum atomic E-state index is 12.2. The molecule has 0 aliphatic carbocycles. The Morgan fingerprint density at radius 3 is 2.62 bits per heavy atom. The number of amides is 1. The third kappa shape index (κ3) is 2.19. The zero-order valence-electron chi connectivity index (χ0n) is 8.83. The number of carbonyl (C=O) groups excluding carboxylic acids is 1. The Hall–Kier alpha value is -1.48. The van der Waals surface area contributed by atoms with Crippen molar-refractivity contribution < 1.29 is 18.6 Å². The molecule has 0 unspecified atom stereocenters. The highest BCUT2D eigenvalue weighted by Crippen LogP contribution is 2.48. The maximum absolute atomic E-state index is 12.2. The van der Waals surface area contributed by atoms with Crippen LogP contribution in [0.2, 0.25) is 0 Å². The molecule has 0 N–H and O–H groups in total. The Balaban J connectivity index is 2.14. The molecule has 6 heteroatoms. The number of nitrogens with zero attached hydrogens (tertiary/aromatic N) is 1. The molecular formula is C10H12NO4P. The molecule has 1 saturated heterocycles. The van der Waals surface area contributed by atoms with Crippen LogP contribution in [0.3, 0.4) is 0 Å². The minimum Gasteiger partial charge on any atom is -0.447 e. The molecule has 16 heavy (non-hydrogen) atoms. The minimum atomic E-state index is -3.16. The summed E-state index contributed by atoms with van der Waals surface area (Å²) in [5.41, 5.74) is 0. The Morgan fingerprint density at radius 1 is 1.38 bits per heavy atom. The standard InChI is InChI=1S/C10H12NO4P/c1-16(13,11-7-8-14-10(11)12)15-9-5-3-2-4-6-9/h2-6H,7-8H2,1H3/t16-/m1/s1. The first-order valence-electron chi connectivity index (χ1n) is 4.86. The Morgan fingerprint density at radius 2 is 2.06 bits per heavy atom. The van der Waals surface area contributed by atoms with Crippen molar-refractivity contribution in [3.8, 4) is 5.75 Å². The van der Waals surface area contributed by atoms with Gasteiger partial charge in [0, 0.05) is 6.66 Å². The topological polar surface area (TPSA) is 55.8 Å². The normalized spacial score (nSPS) is 19.1. The molecular weight excluding hydrogens is 229 g/mol. The number of ether oxygens (including phenoxy) is 1. The molecule has 1 aromatic carbocycles. The first kappa shape index (κ1) is 11.0. The van der Waals surface area contributed by atoms with E-state index in [0.29, 0.717) is 12.3 Å². The third-order valence-corrected chi connectivity index (χ3v) is 3.99. The van der Waals surface area contributed by atoms with Crippen LogP contribution in [0.15, 0.2) is 30.3 Å². The van der Waals surface area contributed by atoms with Gasteiger partial charge in [-0.05, 0) is 12.1 Å². The van der Waals surface area contributed by atoms with Crippen molar-refractivity contribution in [2.75, 3.05) is 19.8 Å². The van der Waals surface area contributed by atoms with E-state index in [1.165, 1.54) is 6.66 Å². The van der Waals surface area contributed by atoms with E-state index in [4.69, 9.17) is 9.26 Å². The fourth-order valence-electron chi connectivity index (χ4n) is 1.44. The minimum absolute atomic E-state index is 0.259. The van der Waals surface area contributed by atoms with Crippen molar-refractivity contribution in [2.24, 2.45) is 0 Å². The van der Waals surface area contributed by atoms with E-state index >= 15 is 0 Å². The number of rotatable bonds is 3. The molecule has 86 valence electrons. The van der Waals surface area contributed by atoms with E-state index in [1.54, 1.807) is 24.3 Å². The fraction of sp³-hybridized carbons (Fsp3) is 0.300. The van der Waals surface area contributed by atoms with Crippen LogP contribution < -0.4 is 4.52 Å². The monoisotopic (exact) mass is 241 g/mol. The van der Waals surface area contributed by atoms with E-state index in [-0.39, 0.29) is 6.61 Å². The molecule has 5 nitrogen and oxygen atoms in total. The Kier molecular flexibility index (Phi) is 2.88. The van der Waals surface area contributed by atoms with Crippen molar-refractivity contribution in [3.63, 3.8) is 0 Å². The van der Waals surface area contributed by atoms with E-state index in [2.05, 4.69) is 0 Å². The van der Waals surface area contributed by atoms with Crippen LogP contribution in [0.5, 0.6) is 5.75 Å². The predicted molar refractivity (Wildman–Crippen MR) is 58.7 cm³/mol. The molecule has 1 aliphatic heterocycles. The van der Waals surface area contributed by atoms with Gasteiger partial charge in [0.15, 0.2) is 0 Å². The summed E-state index contributed by atoms with van der Waals surface area (Å²) in [6.45, 7) is 1.97. The van der Waals surface area contributed by atoms with Crippen LogP contribution in [-0.2, 0) is 9.30 Å². The lowest BCUT2D eigenvalue weighted by atomic mass is 10.3. The van der Waals surface area contributed by atoms with Crippen LogP contribution in [0.1, 0.15) is 0 Å². The highest BCUT2D eigenvalue weighted by Gasteiger charge is 2.37. The van der Waals surface area contributed by atoms with Crippen LogP contribution in [0.4, 0.5) is 4.79 Å². The van der Waals surface area contributed by atoms with Crippen molar-refractivity contribution in [1.82, 2.24) is 4.67 Å². The number of hydrogen-bond acceptors (Lipinski definition) is 4. The maximum Gasteiger partial charge on any atom is 0.417 e. The second-order valence-electron chi connectivity index (χ2n) is 3.44. The molecule has 1 aromatic rings. The van der Waals surface area contributed by atoms with Gasteiger partial charge in [0.2, 0.25) is 0 Å². The van der Waals surface area contributed by atoms with Crippen LogP contribution in [0, 0.1) is 0 Å². The van der Waals surface area contributed by atoms with Gasteiger partial charge in [-0.2, -0.15) is 0 Å². The highest BCUT2D eigenvalue weighted by molar-refractivity contribution is 7.56. The average molecular weight is 241 g/mol. The summed E-state index contributed by atoms with van der Waals surface area (Å²) in [5, 5.41) is 0. The van der Waals surface area contributed by atoms with Crippen LogP contribution >= 0.6 is 7.52 Å². The molecule has 0 radical (unpaired) electrons. The lowest BCUT2D eigenvalue weighted by Crippen LogP contribution is -2.22. The molecule has 1 heterocycles. The van der Waals surface area contributed by atoms with Gasteiger partial charge in [0.05, 0.1) is 6.54 Å². The van der Waals surface area contributed by atoms with Gasteiger partial charge in [0.25, 0.3) is 0 Å². The van der Waals surface area contributed by atoms with Gasteiger partial charge in [0.1, 0.15) is 12.4 Å². The number of para-hydroxylation sites is 1. The quantitative estimate of drug-likeness (QED) is 0.762. The van der Waals surface area contributed by atoms with Crippen LogP contribution in [0.25, 0.3) is 0 Å². The van der Waals surface area contributed by atoms with Crippen molar-refractivity contribution in [3.05, 3.63) is 30.3 Å². The molecule has 0 aromatic heterocycles. The van der Waals surface area contributed by atoms with Gasteiger partial charge in [-0.15, -0.1) is 0 Å². The van der Waals surface area contributed by atoms with Gasteiger partial charge in [-0.3, -0.25) is 4.57 Å². The molecule has 0 bridgehead atoms. The summed E-state index contributed by atoms with van der Waals surface area (Å²) in [4.78, 5) is 11.3. The molecule has 1 aliphatic rings. The average Bonchev–Trinajstić information content (AvgIpc) is 2.66. The van der Waals surface area contributed by atoms with Crippen molar-refractivity contribution >= 4 is 13.6 Å². The van der Waals surface area contributed by atoms with E-state index in [1.807, 2.05) is 6.07 Å². The summed E-state index contributed by atoms with van der Waals surface area (Å²) >= 11 is 0. The van der Waals surface area contributed by atoms with Crippen molar-refractivity contribution in [1.29, 1.82) is 0 Å². The fourth-order valence-corrected chi connectivity index (χ4v) is 2.85. The summed E-state index contributed by atoms with van der Waals surface area (Å²) in [6, 6.07) is 8.77. The largest absolute Gasteiger partial charge is 0.447 e. The second kappa shape index (κ2) is 4.18. The first-order valence-corrected chi connectivity index (χ1v) is 6.89. The SMILES string of the molecule is C[P@@](=O)(Oc1ccccc1)N1CCOC1=O. The summed E-state index contributed by atoms with van der Waals surface area (Å²) in [6.07, 6.45) is -0.582. The molecule has 1 amide bonds. The second-order valence-corrected chi connectivity index (χ2v) is 5.72. The van der Waals surface area contributed by atoms with E-state index < -0.39 is 13.6 Å². The van der Waals surface area contributed by atoms with E-state index in [0.717, 1.165) is 4.67 Å². The highest BCUT2D eigenvalue weighted by atomic mass is 31.2. The summed E-state index contributed by atoms with van der Waals surface area (Å²) < 4.78 is 23.4. The lowest BCUT2D eigenvalue weighted by Gasteiger charge is -2.22. The smallest absolute Gasteiger partial charge is 0.417 e. The summed E-state index contributed by atoms with van der Waals surface area (Å²) in [7, 11) is -3.16. The number of cyclic esters (lactones) is 1. The van der Waals surface area contributed by atoms with Crippen molar-refractivity contribution in [2.45, 2.75) is 0 Å². The van der Waals surface area contributed by atoms with Gasteiger partial charge < -0.3 is 9.26 Å². The van der Waals surface area contributed by atoms with E-state index in [9.17, 15) is 9.36 Å². The van der Waals surface area contributed by atoms with Gasteiger partial charge in [-0.1, -0.05) is 18.2 Å². The molecule has 1 fully saturated rings. The zero-order valence-corrected chi connectivity index (χ0v) is 9.72. The van der Waals surface area contributed by atoms with Crippen LogP contribution in [-0.4, -0.2) is 30.6 Å². The predicted octanol–water partition coefficient (Wildman–Crippen LogP) is 2.34. The Labute approximate surface area is 93.5 Å². The molecule has 2 rings (SSSR count). The number of carbonyl (C=O) groups is 1. The Bertz CT molecular complexity index is 434.